The molecule has 0 radical (unpaired) electrons. The molecule has 0 atom stereocenters. The Hall–Kier alpha value is -2.35. The molecule has 0 amide bonds. The highest BCUT2D eigenvalue weighted by Crippen LogP contribution is 2.32. The van der Waals surface area contributed by atoms with Crippen molar-refractivity contribution in [2.75, 3.05) is 0 Å². The molecule has 134 valence electrons. The molecular weight excluding hydrogens is 415 g/mol. The second-order valence-electron chi connectivity index (χ2n) is 5.82. The number of nitrogens with zero attached hydrogens (tertiary/aromatic N) is 2. The van der Waals surface area contributed by atoms with Crippen molar-refractivity contribution >= 4 is 39.8 Å². The van der Waals surface area contributed by atoms with E-state index < -0.39 is 7.92 Å². The van der Waals surface area contributed by atoms with Gasteiger partial charge in [-0.2, -0.15) is 0 Å². The largest absolute Gasteiger partial charge is 0.257 e. The summed E-state index contributed by atoms with van der Waals surface area (Å²) in [7, 11) is -0.446. The zero-order valence-corrected chi connectivity index (χ0v) is 17.5. The molecule has 0 unspecified atom stereocenters. The van der Waals surface area contributed by atoms with Crippen LogP contribution in [0.15, 0.2) is 108 Å². The fourth-order valence-electron chi connectivity index (χ4n) is 2.56. The second-order valence-corrected chi connectivity index (χ2v) is 8.86. The van der Waals surface area contributed by atoms with Crippen LogP contribution in [-0.4, -0.2) is 9.97 Å². The van der Waals surface area contributed by atoms with Gasteiger partial charge in [0.2, 0.25) is 0 Å². The maximum Gasteiger partial charge on any atom is 0.124 e. The Bertz CT molecular complexity index is 815. The summed E-state index contributed by atoms with van der Waals surface area (Å²) < 4.78 is 0.781. The van der Waals surface area contributed by atoms with E-state index in [4.69, 9.17) is 0 Å². The number of aryl methyl sites for hydroxylation is 1. The third-order valence-electron chi connectivity index (χ3n) is 3.79. The predicted octanol–water partition coefficient (Wildman–Crippen LogP) is 4.99. The molecule has 27 heavy (non-hydrogen) atoms. The highest BCUT2D eigenvalue weighted by molar-refractivity contribution is 9.10. The molecule has 0 aliphatic heterocycles. The van der Waals surface area contributed by atoms with E-state index in [0.29, 0.717) is 0 Å². The van der Waals surface area contributed by atoms with Gasteiger partial charge in [-0.15, -0.1) is 0 Å². The number of benzene rings is 3. The number of hydrogen-bond acceptors (Lipinski definition) is 2. The number of halogens is 1. The van der Waals surface area contributed by atoms with Gasteiger partial charge in [-0.25, -0.2) is 4.98 Å². The molecule has 2 nitrogen and oxygen atoms in total. The van der Waals surface area contributed by atoms with Gasteiger partial charge >= 0.3 is 0 Å². The van der Waals surface area contributed by atoms with Crippen LogP contribution in [-0.2, 0) is 0 Å². The van der Waals surface area contributed by atoms with E-state index in [1.807, 2.05) is 6.92 Å². The summed E-state index contributed by atoms with van der Waals surface area (Å²) in [6, 6.07) is 32.3. The molecule has 4 rings (SSSR count). The zero-order valence-electron chi connectivity index (χ0n) is 15.0. The van der Waals surface area contributed by atoms with Crippen molar-refractivity contribution in [3.63, 3.8) is 0 Å². The number of hydrogen-bond donors (Lipinski definition) is 0. The first-order valence-electron chi connectivity index (χ1n) is 8.63. The average molecular weight is 435 g/mol. The van der Waals surface area contributed by atoms with Crippen LogP contribution in [0.5, 0.6) is 0 Å². The first-order valence-corrected chi connectivity index (χ1v) is 10.8. The topological polar surface area (TPSA) is 25.8 Å². The van der Waals surface area contributed by atoms with Crippen LogP contribution in [0.1, 0.15) is 5.69 Å². The van der Waals surface area contributed by atoms with Crippen LogP contribution in [0.2, 0.25) is 0 Å². The molecule has 3 aromatic carbocycles. The molecule has 0 bridgehead atoms. The van der Waals surface area contributed by atoms with Crippen molar-refractivity contribution in [2.24, 2.45) is 0 Å². The lowest BCUT2D eigenvalue weighted by Gasteiger charge is -2.18. The highest BCUT2D eigenvalue weighted by Gasteiger charge is 2.14. The van der Waals surface area contributed by atoms with Crippen LogP contribution in [0.4, 0.5) is 0 Å². The fourth-order valence-corrected chi connectivity index (χ4v) is 5.07. The molecule has 0 N–H and O–H groups in total. The minimum Gasteiger partial charge on any atom is -0.257 e. The second kappa shape index (κ2) is 10.1. The van der Waals surface area contributed by atoms with Crippen LogP contribution < -0.4 is 15.9 Å². The summed E-state index contributed by atoms with van der Waals surface area (Å²) in [4.78, 5) is 7.90. The van der Waals surface area contributed by atoms with Crippen LogP contribution >= 0.6 is 23.9 Å². The molecule has 4 aromatic rings. The number of rotatable bonds is 3. The Kier molecular flexibility index (Phi) is 7.27. The van der Waals surface area contributed by atoms with E-state index in [0.717, 1.165) is 10.3 Å². The van der Waals surface area contributed by atoms with Gasteiger partial charge in [0.25, 0.3) is 0 Å². The van der Waals surface area contributed by atoms with Gasteiger partial charge in [0, 0.05) is 6.20 Å². The monoisotopic (exact) mass is 434 g/mol. The van der Waals surface area contributed by atoms with Gasteiger partial charge in [-0.05, 0) is 46.7 Å². The minimum atomic E-state index is -0.446. The van der Waals surface area contributed by atoms with Crippen LogP contribution in [0.25, 0.3) is 0 Å². The Morgan fingerprint density at radius 3 is 1.30 bits per heavy atom. The molecule has 1 aromatic heterocycles. The van der Waals surface area contributed by atoms with Crippen molar-refractivity contribution < 1.29 is 0 Å². The van der Waals surface area contributed by atoms with E-state index in [-0.39, 0.29) is 0 Å². The third kappa shape index (κ3) is 5.82. The zero-order chi connectivity index (χ0) is 18.9. The van der Waals surface area contributed by atoms with Gasteiger partial charge < -0.3 is 0 Å². The van der Waals surface area contributed by atoms with Crippen LogP contribution in [0.3, 0.4) is 0 Å². The summed E-state index contributed by atoms with van der Waals surface area (Å²) in [5.74, 6) is 0. The average Bonchev–Trinajstić information content (AvgIpc) is 2.73. The van der Waals surface area contributed by atoms with Gasteiger partial charge in [0.05, 0.1) is 11.9 Å². The van der Waals surface area contributed by atoms with Crippen molar-refractivity contribution in [2.45, 2.75) is 6.92 Å². The van der Waals surface area contributed by atoms with E-state index in [2.05, 4.69) is 117 Å². The van der Waals surface area contributed by atoms with Crippen LogP contribution in [0, 0.1) is 6.92 Å². The Labute approximate surface area is 170 Å². The lowest BCUT2D eigenvalue weighted by molar-refractivity contribution is 1.09. The first kappa shape index (κ1) is 19.4. The van der Waals surface area contributed by atoms with E-state index in [1.165, 1.54) is 15.9 Å². The standard InChI is InChI=1S/C18H15P.C5H5BrN2/c1-4-10-16(11-5-1)19(17-12-6-2-7-13-17)18-14-8-3-9-15-18;1-4-2-8-5(6)3-7-4/h1-15H;2-3H,1H3. The molecule has 0 saturated carbocycles. The van der Waals surface area contributed by atoms with E-state index in [1.54, 1.807) is 12.4 Å². The van der Waals surface area contributed by atoms with Crippen molar-refractivity contribution in [1.29, 1.82) is 0 Å². The SMILES string of the molecule is Cc1cnc(Br)cn1.c1ccc(P(c2ccccc2)c2ccccc2)cc1. The summed E-state index contributed by atoms with van der Waals surface area (Å²) in [6.45, 7) is 1.90. The van der Waals surface area contributed by atoms with Gasteiger partial charge in [0.15, 0.2) is 0 Å². The molecule has 0 saturated heterocycles. The van der Waals surface area contributed by atoms with E-state index >= 15 is 0 Å². The lowest BCUT2D eigenvalue weighted by atomic mass is 10.4. The summed E-state index contributed by atoms with van der Waals surface area (Å²) in [5, 5.41) is 4.19. The third-order valence-corrected chi connectivity index (χ3v) is 6.65. The summed E-state index contributed by atoms with van der Waals surface area (Å²) in [5.41, 5.74) is 0.938. The van der Waals surface area contributed by atoms with E-state index in [9.17, 15) is 0 Å². The lowest BCUT2D eigenvalue weighted by Crippen LogP contribution is -2.20. The Balaban J connectivity index is 0.000000221. The molecule has 0 spiro atoms. The molecule has 0 fully saturated rings. The molecule has 0 aliphatic carbocycles. The Morgan fingerprint density at radius 1 is 0.593 bits per heavy atom. The van der Waals surface area contributed by atoms with Gasteiger partial charge in [-0.1, -0.05) is 91.0 Å². The van der Waals surface area contributed by atoms with Crippen molar-refractivity contribution in [3.05, 3.63) is 114 Å². The maximum absolute atomic E-state index is 3.97. The smallest absolute Gasteiger partial charge is 0.124 e. The summed E-state index contributed by atoms with van der Waals surface area (Å²) in [6.07, 6.45) is 3.39. The molecule has 1 heterocycles. The Morgan fingerprint density at radius 2 is 1.00 bits per heavy atom. The quantitative estimate of drug-likeness (QED) is 0.424. The normalized spacial score (nSPS) is 10.2. The van der Waals surface area contributed by atoms with Gasteiger partial charge in [-0.3, -0.25) is 4.98 Å². The predicted molar refractivity (Wildman–Crippen MR) is 120 cm³/mol. The first-order chi connectivity index (χ1) is 13.2. The number of aromatic nitrogens is 2. The van der Waals surface area contributed by atoms with Gasteiger partial charge in [0.1, 0.15) is 4.60 Å². The summed E-state index contributed by atoms with van der Waals surface area (Å²) >= 11 is 3.17. The molecular formula is C23H20BrN2P. The molecule has 0 aliphatic rings. The maximum atomic E-state index is 3.97. The minimum absolute atomic E-state index is 0.446. The van der Waals surface area contributed by atoms with Crippen molar-refractivity contribution in [1.82, 2.24) is 9.97 Å². The molecule has 4 heteroatoms. The fraction of sp³-hybridized carbons (Fsp3) is 0.0435. The highest BCUT2D eigenvalue weighted by atomic mass is 79.9. The van der Waals surface area contributed by atoms with Crippen molar-refractivity contribution in [3.8, 4) is 0 Å².